The molecule has 1 aromatic rings. The van der Waals surface area contributed by atoms with Gasteiger partial charge in [-0.2, -0.15) is 0 Å². The highest BCUT2D eigenvalue weighted by Gasteiger charge is 2.20. The molecule has 0 aliphatic rings. The molecule has 0 aliphatic heterocycles. The van der Waals surface area contributed by atoms with E-state index in [0.717, 1.165) is 6.54 Å². The molecule has 20 heavy (non-hydrogen) atoms. The van der Waals surface area contributed by atoms with E-state index in [0.29, 0.717) is 17.9 Å². The Balaban J connectivity index is 2.70. The summed E-state index contributed by atoms with van der Waals surface area (Å²) in [5, 5.41) is 3.12. The highest BCUT2D eigenvalue weighted by Crippen LogP contribution is 2.16. The summed E-state index contributed by atoms with van der Waals surface area (Å²) in [6, 6.07) is 3.07. The van der Waals surface area contributed by atoms with Crippen LogP contribution in [0, 0.1) is 5.41 Å². The fourth-order valence-electron chi connectivity index (χ4n) is 2.04. The summed E-state index contributed by atoms with van der Waals surface area (Å²) in [6.45, 7) is 5.63. The normalized spacial score (nSPS) is 11.6. The lowest BCUT2D eigenvalue weighted by Gasteiger charge is -2.28. The molecule has 0 aliphatic carbocycles. The standard InChI is InChI=1S/C13H22ClN5O/c1-13(2,8-19(3)4)7-16-12(20)9-5-10(14)17-11(6-9)18-15/h5-6H,7-8,15H2,1-4H3,(H,16,20)(H,17,18). The van der Waals surface area contributed by atoms with Crippen molar-refractivity contribution in [2.24, 2.45) is 11.3 Å². The number of amides is 1. The van der Waals surface area contributed by atoms with Crippen LogP contribution in [0.2, 0.25) is 5.15 Å². The maximum absolute atomic E-state index is 12.1. The fourth-order valence-corrected chi connectivity index (χ4v) is 2.24. The number of hydrogen-bond donors (Lipinski definition) is 3. The summed E-state index contributed by atoms with van der Waals surface area (Å²) in [7, 11) is 4.01. The summed E-state index contributed by atoms with van der Waals surface area (Å²) in [5.74, 6) is 5.44. The Hall–Kier alpha value is -1.37. The van der Waals surface area contributed by atoms with Crippen molar-refractivity contribution in [3.8, 4) is 0 Å². The van der Waals surface area contributed by atoms with Gasteiger partial charge in [-0.25, -0.2) is 10.8 Å². The number of nitrogen functional groups attached to an aromatic ring is 1. The molecule has 1 heterocycles. The Morgan fingerprint density at radius 3 is 2.65 bits per heavy atom. The third kappa shape index (κ3) is 5.32. The minimum Gasteiger partial charge on any atom is -0.351 e. The van der Waals surface area contributed by atoms with Crippen molar-refractivity contribution in [3.05, 3.63) is 22.8 Å². The summed E-state index contributed by atoms with van der Waals surface area (Å²) in [5.41, 5.74) is 2.79. The first-order valence-electron chi connectivity index (χ1n) is 6.31. The molecule has 0 unspecified atom stereocenters. The van der Waals surface area contributed by atoms with Gasteiger partial charge in [0.15, 0.2) is 0 Å². The monoisotopic (exact) mass is 299 g/mol. The Morgan fingerprint density at radius 1 is 1.45 bits per heavy atom. The molecule has 1 amide bonds. The number of halogens is 1. The first kappa shape index (κ1) is 16.7. The van der Waals surface area contributed by atoms with Crippen molar-refractivity contribution in [1.29, 1.82) is 0 Å². The number of aromatic nitrogens is 1. The lowest BCUT2D eigenvalue weighted by molar-refractivity contribution is 0.0929. The summed E-state index contributed by atoms with van der Waals surface area (Å²) >= 11 is 5.84. The third-order valence-corrected chi connectivity index (χ3v) is 2.87. The topological polar surface area (TPSA) is 83.3 Å². The fraction of sp³-hybridized carbons (Fsp3) is 0.538. The van der Waals surface area contributed by atoms with Crippen LogP contribution in [-0.4, -0.2) is 43.0 Å². The molecule has 0 radical (unpaired) electrons. The lowest BCUT2D eigenvalue weighted by Crippen LogP contribution is -2.40. The van der Waals surface area contributed by atoms with E-state index in [1.807, 2.05) is 14.1 Å². The van der Waals surface area contributed by atoms with Crippen molar-refractivity contribution in [2.45, 2.75) is 13.8 Å². The summed E-state index contributed by atoms with van der Waals surface area (Å²) in [6.07, 6.45) is 0. The van der Waals surface area contributed by atoms with Gasteiger partial charge in [0.25, 0.3) is 5.91 Å². The van der Waals surface area contributed by atoms with E-state index >= 15 is 0 Å². The molecule has 7 heteroatoms. The molecular formula is C13H22ClN5O. The molecule has 0 saturated heterocycles. The van der Waals surface area contributed by atoms with Crippen LogP contribution in [0.5, 0.6) is 0 Å². The zero-order valence-corrected chi connectivity index (χ0v) is 13.1. The maximum Gasteiger partial charge on any atom is 0.251 e. The first-order valence-corrected chi connectivity index (χ1v) is 6.68. The van der Waals surface area contributed by atoms with Crippen molar-refractivity contribution in [3.63, 3.8) is 0 Å². The average molecular weight is 300 g/mol. The second-order valence-electron chi connectivity index (χ2n) is 5.79. The molecule has 112 valence electrons. The van der Waals surface area contributed by atoms with Gasteiger partial charge in [-0.15, -0.1) is 0 Å². The van der Waals surface area contributed by atoms with Crippen molar-refractivity contribution in [1.82, 2.24) is 15.2 Å². The SMILES string of the molecule is CN(C)CC(C)(C)CNC(=O)c1cc(Cl)nc(NN)c1. The second-order valence-corrected chi connectivity index (χ2v) is 6.18. The third-order valence-electron chi connectivity index (χ3n) is 2.68. The van der Waals surface area contributed by atoms with E-state index in [1.54, 1.807) is 6.07 Å². The van der Waals surface area contributed by atoms with Crippen LogP contribution in [0.15, 0.2) is 12.1 Å². The Kier molecular flexibility index (Phi) is 5.74. The van der Waals surface area contributed by atoms with Crippen LogP contribution < -0.4 is 16.6 Å². The molecule has 4 N–H and O–H groups in total. The number of nitrogens with one attached hydrogen (secondary N) is 2. The van der Waals surface area contributed by atoms with Crippen molar-refractivity contribution >= 4 is 23.3 Å². The van der Waals surface area contributed by atoms with Gasteiger partial charge < -0.3 is 15.6 Å². The van der Waals surface area contributed by atoms with Crippen LogP contribution in [0.1, 0.15) is 24.2 Å². The lowest BCUT2D eigenvalue weighted by atomic mass is 9.93. The van der Waals surface area contributed by atoms with Gasteiger partial charge in [0, 0.05) is 18.7 Å². The van der Waals surface area contributed by atoms with Gasteiger partial charge in [-0.1, -0.05) is 25.4 Å². The highest BCUT2D eigenvalue weighted by atomic mass is 35.5. The molecule has 0 atom stereocenters. The molecule has 0 spiro atoms. The summed E-state index contributed by atoms with van der Waals surface area (Å²) in [4.78, 5) is 18.1. The number of hydrogen-bond acceptors (Lipinski definition) is 5. The van der Waals surface area contributed by atoms with Crippen LogP contribution in [0.4, 0.5) is 5.82 Å². The number of anilines is 1. The molecule has 0 fully saturated rings. The predicted molar refractivity (Wildman–Crippen MR) is 81.7 cm³/mol. The van der Waals surface area contributed by atoms with Crippen LogP contribution in [-0.2, 0) is 0 Å². The maximum atomic E-state index is 12.1. The molecular weight excluding hydrogens is 278 g/mol. The number of carbonyl (C=O) groups is 1. The quantitative estimate of drug-likeness (QED) is 0.419. The molecule has 0 aromatic carbocycles. The van der Waals surface area contributed by atoms with Crippen LogP contribution in [0.25, 0.3) is 0 Å². The first-order chi connectivity index (χ1) is 9.23. The zero-order valence-electron chi connectivity index (χ0n) is 12.3. The van der Waals surface area contributed by atoms with Crippen LogP contribution >= 0.6 is 11.6 Å². The van der Waals surface area contributed by atoms with E-state index in [2.05, 4.69) is 34.5 Å². The highest BCUT2D eigenvalue weighted by molar-refractivity contribution is 6.29. The average Bonchev–Trinajstić information content (AvgIpc) is 2.33. The van der Waals surface area contributed by atoms with E-state index in [-0.39, 0.29) is 16.5 Å². The van der Waals surface area contributed by atoms with Crippen molar-refractivity contribution in [2.75, 3.05) is 32.6 Å². The molecule has 0 saturated carbocycles. The molecule has 0 bridgehead atoms. The van der Waals surface area contributed by atoms with Gasteiger partial charge in [-0.05, 0) is 31.6 Å². The molecule has 1 rings (SSSR count). The number of hydrazine groups is 1. The number of rotatable bonds is 6. The Bertz CT molecular complexity index is 476. The zero-order chi connectivity index (χ0) is 15.3. The molecule has 6 nitrogen and oxygen atoms in total. The van der Waals surface area contributed by atoms with Gasteiger partial charge >= 0.3 is 0 Å². The predicted octanol–water partition coefficient (Wildman–Crippen LogP) is 1.34. The summed E-state index contributed by atoms with van der Waals surface area (Å²) < 4.78 is 0. The smallest absolute Gasteiger partial charge is 0.251 e. The van der Waals surface area contributed by atoms with Gasteiger partial charge in [0.1, 0.15) is 11.0 Å². The minimum atomic E-state index is -0.197. The van der Waals surface area contributed by atoms with E-state index in [1.165, 1.54) is 6.07 Å². The number of pyridine rings is 1. The number of carbonyl (C=O) groups excluding carboxylic acids is 1. The Labute approximate surface area is 124 Å². The number of nitrogens with two attached hydrogens (primary N) is 1. The van der Waals surface area contributed by atoms with E-state index in [4.69, 9.17) is 17.4 Å². The van der Waals surface area contributed by atoms with Crippen molar-refractivity contribution < 1.29 is 4.79 Å². The van der Waals surface area contributed by atoms with E-state index in [9.17, 15) is 4.79 Å². The van der Waals surface area contributed by atoms with Gasteiger partial charge in [0.2, 0.25) is 0 Å². The van der Waals surface area contributed by atoms with Gasteiger partial charge in [0.05, 0.1) is 0 Å². The minimum absolute atomic E-state index is 0.0229. The molecule has 1 aromatic heterocycles. The largest absolute Gasteiger partial charge is 0.351 e. The van der Waals surface area contributed by atoms with Gasteiger partial charge in [-0.3, -0.25) is 4.79 Å². The van der Waals surface area contributed by atoms with E-state index < -0.39 is 0 Å². The number of nitrogens with zero attached hydrogens (tertiary/aromatic N) is 2. The van der Waals surface area contributed by atoms with Crippen LogP contribution in [0.3, 0.4) is 0 Å². The second kappa shape index (κ2) is 6.88. The Morgan fingerprint density at radius 2 is 2.10 bits per heavy atom.